The monoisotopic (exact) mass is 577 g/mol. The van der Waals surface area contributed by atoms with Gasteiger partial charge in [0, 0.05) is 79.9 Å². The topological polar surface area (TPSA) is 120 Å². The van der Waals surface area contributed by atoms with Crippen molar-refractivity contribution in [1.29, 1.82) is 0 Å². The summed E-state index contributed by atoms with van der Waals surface area (Å²) in [4.78, 5) is 39.2. The van der Waals surface area contributed by atoms with Gasteiger partial charge in [-0.25, -0.2) is 9.50 Å². The number of anilines is 3. The molecule has 1 aliphatic carbocycles. The zero-order valence-corrected chi connectivity index (χ0v) is 24.2. The zero-order valence-electron chi connectivity index (χ0n) is 24.2. The Morgan fingerprint density at radius 3 is 2.47 bits per heavy atom. The lowest BCUT2D eigenvalue weighted by atomic mass is 9.95. The largest absolute Gasteiger partial charge is 0.348 e. The first kappa shape index (κ1) is 27.1. The van der Waals surface area contributed by atoms with Gasteiger partial charge < -0.3 is 25.8 Å². The highest BCUT2D eigenvalue weighted by Crippen LogP contribution is 2.37. The fourth-order valence-electron chi connectivity index (χ4n) is 5.76. The molecule has 2 aliphatic heterocycles. The van der Waals surface area contributed by atoms with Gasteiger partial charge in [-0.15, -0.1) is 5.10 Å². The van der Waals surface area contributed by atoms with Crippen molar-refractivity contribution in [3.05, 3.63) is 89.8 Å². The van der Waals surface area contributed by atoms with E-state index in [2.05, 4.69) is 44.9 Å². The average Bonchev–Trinajstić information content (AvgIpc) is 3.62. The van der Waals surface area contributed by atoms with Gasteiger partial charge in [-0.3, -0.25) is 9.59 Å². The predicted octanol–water partition coefficient (Wildman–Crippen LogP) is 3.14. The second-order valence-corrected chi connectivity index (χ2v) is 11.7. The third kappa shape index (κ3) is 5.68. The van der Waals surface area contributed by atoms with E-state index in [4.69, 9.17) is 10.1 Å². The Kier molecular flexibility index (Phi) is 7.02. The lowest BCUT2D eigenvalue weighted by molar-refractivity contribution is 0.0735. The minimum absolute atomic E-state index is 0.0252. The van der Waals surface area contributed by atoms with Crippen molar-refractivity contribution in [2.75, 3.05) is 49.5 Å². The van der Waals surface area contributed by atoms with Gasteiger partial charge >= 0.3 is 0 Å². The minimum atomic E-state index is -0.0699. The predicted molar refractivity (Wildman–Crippen MR) is 165 cm³/mol. The third-order valence-electron chi connectivity index (χ3n) is 8.52. The number of aromatic nitrogens is 4. The lowest BCUT2D eigenvalue weighted by Gasteiger charge is -2.33. The van der Waals surface area contributed by atoms with Crippen LogP contribution in [0.4, 0.5) is 17.5 Å². The molecule has 43 heavy (non-hydrogen) atoms. The molecule has 11 heteroatoms. The Labute approximate surface area is 250 Å². The number of piperidine rings is 1. The summed E-state index contributed by atoms with van der Waals surface area (Å²) < 4.78 is 1.71. The van der Waals surface area contributed by atoms with Crippen molar-refractivity contribution in [3.8, 4) is 0 Å². The highest BCUT2D eigenvalue weighted by molar-refractivity contribution is 5.95. The highest BCUT2D eigenvalue weighted by Gasteiger charge is 2.30. The minimum Gasteiger partial charge on any atom is -0.348 e. The maximum atomic E-state index is 13.1. The van der Waals surface area contributed by atoms with Crippen LogP contribution in [0.5, 0.6) is 0 Å². The molecule has 2 fully saturated rings. The van der Waals surface area contributed by atoms with Crippen LogP contribution in [0.2, 0.25) is 0 Å². The molecule has 7 rings (SSSR count). The second kappa shape index (κ2) is 11.1. The maximum Gasteiger partial charge on any atom is 0.253 e. The molecule has 0 bridgehead atoms. The summed E-state index contributed by atoms with van der Waals surface area (Å²) in [5.74, 6) is 1.11. The number of piperazine rings is 1. The van der Waals surface area contributed by atoms with Gasteiger partial charge in [-0.2, -0.15) is 4.98 Å². The van der Waals surface area contributed by atoms with E-state index < -0.39 is 0 Å². The number of rotatable bonds is 7. The molecule has 3 aliphatic rings. The number of nitrogens with zero attached hydrogens (tertiary/aromatic N) is 6. The fraction of sp³-hybridized carbons (Fsp3) is 0.344. The number of benzene rings is 2. The summed E-state index contributed by atoms with van der Waals surface area (Å²) in [6.45, 7) is 6.62. The van der Waals surface area contributed by atoms with Crippen LogP contribution >= 0.6 is 0 Å². The molecule has 0 spiro atoms. The van der Waals surface area contributed by atoms with E-state index in [1.165, 1.54) is 5.56 Å². The van der Waals surface area contributed by atoms with Crippen molar-refractivity contribution in [3.63, 3.8) is 0 Å². The first-order valence-corrected chi connectivity index (χ1v) is 14.9. The molecular formula is C32H35N9O2. The lowest BCUT2D eigenvalue weighted by Crippen LogP contribution is -2.48. The van der Waals surface area contributed by atoms with Crippen molar-refractivity contribution < 1.29 is 9.59 Å². The highest BCUT2D eigenvalue weighted by atomic mass is 16.2. The number of imidazole rings is 1. The third-order valence-corrected chi connectivity index (χ3v) is 8.52. The summed E-state index contributed by atoms with van der Waals surface area (Å²) in [5, 5.41) is 14.6. The molecule has 3 N–H and O–H groups in total. The Bertz CT molecular complexity index is 1670. The van der Waals surface area contributed by atoms with Crippen LogP contribution in [0, 0.1) is 0 Å². The Hall–Kier alpha value is -4.77. The molecule has 0 radical (unpaired) electrons. The van der Waals surface area contributed by atoms with Crippen LogP contribution in [-0.2, 0) is 5.41 Å². The average molecular weight is 578 g/mol. The first-order valence-electron chi connectivity index (χ1n) is 14.9. The number of allylic oxidation sites excluding steroid dienone is 2. The number of nitrogens with one attached hydrogen (secondary N) is 3. The van der Waals surface area contributed by atoms with Crippen molar-refractivity contribution >= 4 is 34.9 Å². The van der Waals surface area contributed by atoms with Crippen LogP contribution in [0.3, 0.4) is 0 Å². The van der Waals surface area contributed by atoms with Crippen molar-refractivity contribution in [2.24, 2.45) is 0 Å². The van der Waals surface area contributed by atoms with Gasteiger partial charge in [0.25, 0.3) is 11.8 Å². The number of hydrogen-bond acceptors (Lipinski definition) is 8. The van der Waals surface area contributed by atoms with E-state index in [1.54, 1.807) is 16.9 Å². The number of amides is 2. The van der Waals surface area contributed by atoms with Gasteiger partial charge in [-0.1, -0.05) is 24.3 Å². The van der Waals surface area contributed by atoms with Crippen LogP contribution in [0.1, 0.15) is 46.0 Å². The van der Waals surface area contributed by atoms with Crippen molar-refractivity contribution in [2.45, 2.75) is 31.2 Å². The first-order chi connectivity index (χ1) is 20.9. The number of carbonyl (C=O) groups excluding carboxylic acids is 2. The van der Waals surface area contributed by atoms with Gasteiger partial charge in [0.15, 0.2) is 11.5 Å². The zero-order chi connectivity index (χ0) is 29.4. The van der Waals surface area contributed by atoms with E-state index in [0.717, 1.165) is 38.2 Å². The number of fused-ring (bicyclic) bond motifs is 1. The smallest absolute Gasteiger partial charge is 0.253 e. The van der Waals surface area contributed by atoms with Crippen LogP contribution < -0.4 is 20.9 Å². The fourth-order valence-corrected chi connectivity index (χ4v) is 5.76. The Balaban J connectivity index is 1.04. The van der Waals surface area contributed by atoms with Crippen molar-refractivity contribution in [1.82, 2.24) is 35.1 Å². The molecular weight excluding hydrogens is 542 g/mol. The molecule has 2 amide bonds. The molecule has 0 saturated carbocycles. The van der Waals surface area contributed by atoms with Crippen LogP contribution in [0.25, 0.3) is 5.65 Å². The maximum absolute atomic E-state index is 13.1. The summed E-state index contributed by atoms with van der Waals surface area (Å²) in [6, 6.07) is 15.3. The Morgan fingerprint density at radius 1 is 0.977 bits per heavy atom. The number of carbonyl (C=O) groups is 2. The summed E-state index contributed by atoms with van der Waals surface area (Å²) in [7, 11) is 0. The van der Waals surface area contributed by atoms with E-state index >= 15 is 0 Å². The molecule has 4 heterocycles. The van der Waals surface area contributed by atoms with Gasteiger partial charge in [0.2, 0.25) is 5.95 Å². The standard InChI is InChI=1S/C32H35N9O2/c1-32(12-13-32)24-8-4-22(5-9-24)29(42)36-26-3-2-17-40(21-26)31-37-27(28-34-16-20-41(28)38-31)35-25-10-6-23(7-11-25)30(43)39-18-14-33-15-19-39/h4-13,16,20,26,33H,2-3,14-15,17-19,21H2,1H3,(H,36,42)(H,35,37,38)/t26-/m1/s1. The van der Waals surface area contributed by atoms with Gasteiger partial charge in [-0.05, 0) is 61.7 Å². The summed E-state index contributed by atoms with van der Waals surface area (Å²) in [5.41, 5.74) is 3.96. The molecule has 2 saturated heterocycles. The summed E-state index contributed by atoms with van der Waals surface area (Å²) in [6.07, 6.45) is 9.61. The quantitative estimate of drug-likeness (QED) is 0.287. The van der Waals surface area contributed by atoms with E-state index in [-0.39, 0.29) is 23.3 Å². The molecule has 0 unspecified atom stereocenters. The summed E-state index contributed by atoms with van der Waals surface area (Å²) >= 11 is 0. The normalized spacial score (nSPS) is 19.3. The SMILES string of the molecule is CC1(c2ccc(C(=O)N[C@@H]3CCCN(c4nc(Nc5ccc(C(=O)N6CCNCC6)cc5)c5nccn5n4)C3)cc2)C=C1. The molecule has 220 valence electrons. The van der Waals surface area contributed by atoms with Gasteiger partial charge in [0.05, 0.1) is 0 Å². The molecule has 11 nitrogen and oxygen atoms in total. The Morgan fingerprint density at radius 2 is 1.72 bits per heavy atom. The molecule has 1 atom stereocenters. The van der Waals surface area contributed by atoms with E-state index in [9.17, 15) is 9.59 Å². The molecule has 2 aromatic heterocycles. The molecule has 2 aromatic carbocycles. The second-order valence-electron chi connectivity index (χ2n) is 11.7. The number of hydrogen-bond donors (Lipinski definition) is 3. The van der Waals surface area contributed by atoms with Crippen LogP contribution in [0.15, 0.2) is 73.1 Å². The van der Waals surface area contributed by atoms with E-state index in [0.29, 0.717) is 48.2 Å². The van der Waals surface area contributed by atoms with Crippen LogP contribution in [-0.4, -0.2) is 81.6 Å². The van der Waals surface area contributed by atoms with E-state index in [1.807, 2.05) is 53.4 Å². The molecule has 4 aromatic rings. The van der Waals surface area contributed by atoms with Gasteiger partial charge in [0.1, 0.15) is 0 Å².